The molecule has 0 aliphatic heterocycles. The summed E-state index contributed by atoms with van der Waals surface area (Å²) < 4.78 is 31.3. The molecule has 0 aromatic heterocycles. The van der Waals surface area contributed by atoms with Crippen molar-refractivity contribution in [1.29, 1.82) is 0 Å². The predicted molar refractivity (Wildman–Crippen MR) is 95.3 cm³/mol. The lowest BCUT2D eigenvalue weighted by atomic mass is 10.0. The third-order valence-electron chi connectivity index (χ3n) is 3.52. The van der Waals surface area contributed by atoms with Crippen molar-refractivity contribution in [3.8, 4) is 0 Å². The van der Waals surface area contributed by atoms with E-state index in [1.807, 2.05) is 6.92 Å². The molecule has 8 heteroatoms. The Kier molecular flexibility index (Phi) is 9.12. The number of allylic oxidation sites excluding steroid dienone is 1. The van der Waals surface area contributed by atoms with Gasteiger partial charge in [-0.25, -0.2) is 13.6 Å². The van der Waals surface area contributed by atoms with Gasteiger partial charge < -0.3 is 15.4 Å². The Hall–Kier alpha value is -2.77. The minimum atomic E-state index is -1.19. The van der Waals surface area contributed by atoms with E-state index in [9.17, 15) is 23.2 Å². The van der Waals surface area contributed by atoms with Crippen molar-refractivity contribution < 1.29 is 27.9 Å². The smallest absolute Gasteiger partial charge is 0.328 e. The van der Waals surface area contributed by atoms with Crippen LogP contribution in [0.2, 0.25) is 0 Å². The van der Waals surface area contributed by atoms with Crippen molar-refractivity contribution in [3.63, 3.8) is 0 Å². The van der Waals surface area contributed by atoms with Crippen LogP contribution in [0.3, 0.4) is 0 Å². The number of hydrogen-bond donors (Lipinski definition) is 2. The second-order valence-electron chi connectivity index (χ2n) is 5.82. The summed E-state index contributed by atoms with van der Waals surface area (Å²) in [5, 5.41) is 4.76. The summed E-state index contributed by atoms with van der Waals surface area (Å²) in [6.07, 6.45) is 4.27. The summed E-state index contributed by atoms with van der Waals surface area (Å²) in [4.78, 5) is 35.8. The van der Waals surface area contributed by atoms with Crippen molar-refractivity contribution in [2.75, 3.05) is 7.11 Å². The van der Waals surface area contributed by atoms with E-state index in [1.54, 1.807) is 6.08 Å². The van der Waals surface area contributed by atoms with Crippen LogP contribution in [0.15, 0.2) is 30.4 Å². The number of amides is 2. The minimum absolute atomic E-state index is 0.171. The number of benzene rings is 1. The maximum absolute atomic E-state index is 13.4. The number of rotatable bonds is 9. The number of hydrogen-bond acceptors (Lipinski definition) is 4. The molecule has 147 valence electrons. The lowest BCUT2D eigenvalue weighted by molar-refractivity contribution is -0.144. The van der Waals surface area contributed by atoms with Crippen LogP contribution in [0, 0.1) is 18.6 Å². The van der Waals surface area contributed by atoms with Crippen molar-refractivity contribution in [1.82, 2.24) is 10.6 Å². The molecule has 2 N–H and O–H groups in total. The first-order chi connectivity index (χ1) is 12.8. The second kappa shape index (κ2) is 11.1. The lowest BCUT2D eigenvalue weighted by Crippen LogP contribution is -2.51. The average molecular weight is 381 g/mol. The number of carbonyl (C=O) groups excluding carboxylic acids is 3. The summed E-state index contributed by atoms with van der Waals surface area (Å²) in [7, 11) is 1.14. The fourth-order valence-corrected chi connectivity index (χ4v) is 2.22. The Bertz CT molecular complexity index is 687. The number of unbranched alkanes of at least 4 members (excludes halogenated alkanes) is 1. The molecule has 0 bridgehead atoms. The molecule has 1 rings (SSSR count). The Morgan fingerprint density at radius 2 is 1.81 bits per heavy atom. The highest BCUT2D eigenvalue weighted by molar-refractivity contribution is 5.94. The van der Waals surface area contributed by atoms with Gasteiger partial charge in [-0.15, -0.1) is 0 Å². The van der Waals surface area contributed by atoms with E-state index >= 15 is 0 Å². The molecule has 0 spiro atoms. The van der Waals surface area contributed by atoms with Gasteiger partial charge in [0.25, 0.3) is 0 Å². The minimum Gasteiger partial charge on any atom is -0.467 e. The van der Waals surface area contributed by atoms with Crippen LogP contribution >= 0.6 is 0 Å². The van der Waals surface area contributed by atoms with Crippen LogP contribution in [0.25, 0.3) is 0 Å². The first-order valence-corrected chi connectivity index (χ1v) is 8.40. The quantitative estimate of drug-likeness (QED) is 0.505. The molecule has 0 aliphatic rings. The highest BCUT2D eigenvalue weighted by Crippen LogP contribution is 2.11. The van der Waals surface area contributed by atoms with Gasteiger partial charge in [0.05, 0.1) is 7.11 Å². The third kappa shape index (κ3) is 7.98. The molecule has 0 unspecified atom stereocenters. The van der Waals surface area contributed by atoms with E-state index in [4.69, 9.17) is 0 Å². The van der Waals surface area contributed by atoms with Gasteiger partial charge in [-0.3, -0.25) is 9.59 Å². The first kappa shape index (κ1) is 22.3. The molecule has 27 heavy (non-hydrogen) atoms. The summed E-state index contributed by atoms with van der Waals surface area (Å²) >= 11 is 0. The maximum atomic E-state index is 13.4. The molecule has 0 saturated heterocycles. The van der Waals surface area contributed by atoms with Crippen molar-refractivity contribution in [3.05, 3.63) is 54.5 Å². The Balaban J connectivity index is 2.95. The van der Waals surface area contributed by atoms with E-state index in [-0.39, 0.29) is 12.0 Å². The lowest BCUT2D eigenvalue weighted by Gasteiger charge is -2.20. The topological polar surface area (TPSA) is 84.5 Å². The third-order valence-corrected chi connectivity index (χ3v) is 3.52. The SMILES string of the molecule is [CH2][C@H](NC(=O)[C@H](Cc1cc(F)cc(F)c1)NC(=O)/C=C/CCC)C(=O)OC. The number of ether oxygens (including phenoxy) is 1. The predicted octanol–water partition coefficient (Wildman–Crippen LogP) is 1.84. The zero-order chi connectivity index (χ0) is 20.4. The van der Waals surface area contributed by atoms with Crippen LogP contribution in [0.5, 0.6) is 0 Å². The largest absolute Gasteiger partial charge is 0.467 e. The van der Waals surface area contributed by atoms with E-state index in [0.29, 0.717) is 12.5 Å². The first-order valence-electron chi connectivity index (χ1n) is 8.40. The van der Waals surface area contributed by atoms with Gasteiger partial charge in [-0.2, -0.15) is 0 Å². The van der Waals surface area contributed by atoms with E-state index in [1.165, 1.54) is 6.08 Å². The monoisotopic (exact) mass is 381 g/mol. The molecule has 0 heterocycles. The molecule has 0 fully saturated rings. The fourth-order valence-electron chi connectivity index (χ4n) is 2.22. The van der Waals surface area contributed by atoms with Crippen molar-refractivity contribution in [2.24, 2.45) is 0 Å². The second-order valence-corrected chi connectivity index (χ2v) is 5.82. The number of carbonyl (C=O) groups is 3. The maximum Gasteiger partial charge on any atom is 0.328 e. The van der Waals surface area contributed by atoms with Crippen LogP contribution in [-0.2, 0) is 25.5 Å². The Labute approximate surface area is 157 Å². The number of methoxy groups -OCH3 is 1. The number of esters is 1. The molecule has 0 saturated carbocycles. The summed E-state index contributed by atoms with van der Waals surface area (Å²) in [6, 6.07) is 0.462. The molecule has 0 aliphatic carbocycles. The Morgan fingerprint density at radius 1 is 1.19 bits per heavy atom. The number of nitrogens with one attached hydrogen (secondary N) is 2. The van der Waals surface area contributed by atoms with E-state index in [0.717, 1.165) is 25.7 Å². The van der Waals surface area contributed by atoms with Crippen molar-refractivity contribution >= 4 is 17.8 Å². The van der Waals surface area contributed by atoms with Crippen LogP contribution in [0.4, 0.5) is 8.78 Å². The molecule has 2 atom stereocenters. The fraction of sp³-hybridized carbons (Fsp3) is 0.368. The molecular formula is C19H23F2N2O4. The van der Waals surface area contributed by atoms with Gasteiger partial charge in [0.15, 0.2) is 0 Å². The van der Waals surface area contributed by atoms with Crippen LogP contribution < -0.4 is 10.6 Å². The van der Waals surface area contributed by atoms with Gasteiger partial charge in [0.2, 0.25) is 11.8 Å². The van der Waals surface area contributed by atoms with Gasteiger partial charge in [0.1, 0.15) is 23.7 Å². The highest BCUT2D eigenvalue weighted by Gasteiger charge is 2.25. The van der Waals surface area contributed by atoms with Gasteiger partial charge in [-0.1, -0.05) is 19.4 Å². The van der Waals surface area contributed by atoms with Crippen LogP contribution in [0.1, 0.15) is 25.3 Å². The Morgan fingerprint density at radius 3 is 2.37 bits per heavy atom. The molecule has 2 amide bonds. The summed E-state index contributed by atoms with van der Waals surface area (Å²) in [5.74, 6) is -3.65. The molecule has 1 aromatic rings. The molecule has 6 nitrogen and oxygen atoms in total. The van der Waals surface area contributed by atoms with Gasteiger partial charge >= 0.3 is 5.97 Å². The summed E-state index contributed by atoms with van der Waals surface area (Å²) in [6.45, 7) is 5.40. The molecule has 1 aromatic carbocycles. The normalized spacial score (nSPS) is 13.1. The van der Waals surface area contributed by atoms with Crippen molar-refractivity contribution in [2.45, 2.75) is 38.3 Å². The summed E-state index contributed by atoms with van der Waals surface area (Å²) in [5.41, 5.74) is 0.171. The number of halogens is 2. The van der Waals surface area contributed by atoms with Crippen LogP contribution in [-0.4, -0.2) is 37.0 Å². The standard InChI is InChI=1S/C19H23F2N2O4/c1-4-5-6-7-17(24)23-16(18(25)22-12(2)19(26)27-3)10-13-8-14(20)11-15(21)9-13/h6-9,11-12,16H,2,4-5,10H2,1,3H3,(H,22,25)(H,23,24)/b7-6+/t12-,16-/m0/s1. The van der Waals surface area contributed by atoms with Gasteiger partial charge in [0, 0.05) is 12.5 Å². The molecular weight excluding hydrogens is 358 g/mol. The van der Waals surface area contributed by atoms with E-state index in [2.05, 4.69) is 22.3 Å². The zero-order valence-corrected chi connectivity index (χ0v) is 15.3. The van der Waals surface area contributed by atoms with Gasteiger partial charge in [-0.05, 0) is 37.1 Å². The zero-order valence-electron chi connectivity index (χ0n) is 15.3. The average Bonchev–Trinajstić information content (AvgIpc) is 2.59. The highest BCUT2D eigenvalue weighted by atomic mass is 19.1. The van der Waals surface area contributed by atoms with E-state index < -0.39 is 41.5 Å². The molecule has 1 radical (unpaired) electrons.